The van der Waals surface area contributed by atoms with Gasteiger partial charge in [-0.15, -0.1) is 0 Å². The number of benzene rings is 2. The summed E-state index contributed by atoms with van der Waals surface area (Å²) in [5, 5.41) is 1.09. The van der Waals surface area contributed by atoms with Crippen molar-refractivity contribution in [1.29, 1.82) is 0 Å². The standard InChI is InChI=1S/C22H28N2O3S/c1-23-15-17-24(18-16-23)14-5-8-21-9-11-22(12-10-21)27-28(25,26)19-13-20-6-3-2-4-7-20/h2-4,6-7,9-13,19H,5,8,14-18H2,1H3/b19-13+. The van der Waals surface area contributed by atoms with Crippen LogP contribution < -0.4 is 4.18 Å². The van der Waals surface area contributed by atoms with Crippen molar-refractivity contribution in [2.24, 2.45) is 0 Å². The molecular formula is C22H28N2O3S. The molecule has 6 heteroatoms. The molecule has 0 radical (unpaired) electrons. The van der Waals surface area contributed by atoms with Gasteiger partial charge in [0.1, 0.15) is 5.75 Å². The minimum atomic E-state index is -3.77. The first-order valence-electron chi connectivity index (χ1n) is 9.68. The first-order chi connectivity index (χ1) is 13.5. The second-order valence-corrected chi connectivity index (χ2v) is 8.61. The lowest BCUT2D eigenvalue weighted by Crippen LogP contribution is -2.44. The predicted octanol–water partition coefficient (Wildman–Crippen LogP) is 3.25. The van der Waals surface area contributed by atoms with Crippen molar-refractivity contribution >= 4 is 16.2 Å². The fourth-order valence-electron chi connectivity index (χ4n) is 3.18. The zero-order valence-corrected chi connectivity index (χ0v) is 17.1. The molecular weight excluding hydrogens is 372 g/mol. The Labute approximate surface area is 168 Å². The molecule has 0 aliphatic carbocycles. The van der Waals surface area contributed by atoms with E-state index in [-0.39, 0.29) is 0 Å². The Balaban J connectivity index is 1.46. The van der Waals surface area contributed by atoms with E-state index in [1.807, 2.05) is 42.5 Å². The molecule has 28 heavy (non-hydrogen) atoms. The second-order valence-electron chi connectivity index (χ2n) is 7.18. The maximum atomic E-state index is 12.1. The lowest BCUT2D eigenvalue weighted by Gasteiger charge is -2.32. The number of rotatable bonds is 8. The number of likely N-dealkylation sites (N-methyl/N-ethyl adjacent to an activating group) is 1. The monoisotopic (exact) mass is 400 g/mol. The van der Waals surface area contributed by atoms with Gasteiger partial charge in [-0.05, 0) is 55.8 Å². The molecule has 2 aromatic carbocycles. The van der Waals surface area contributed by atoms with Crippen molar-refractivity contribution in [3.8, 4) is 5.75 Å². The molecule has 150 valence electrons. The van der Waals surface area contributed by atoms with Crippen LogP contribution in [0.3, 0.4) is 0 Å². The Kier molecular flexibility index (Phi) is 7.25. The third-order valence-electron chi connectivity index (χ3n) is 4.90. The molecule has 1 fully saturated rings. The summed E-state index contributed by atoms with van der Waals surface area (Å²) in [6, 6.07) is 16.6. The molecule has 0 bridgehead atoms. The Morgan fingerprint density at radius 1 is 0.964 bits per heavy atom. The number of hydrogen-bond donors (Lipinski definition) is 0. The average molecular weight is 401 g/mol. The largest absolute Gasteiger partial charge is 0.379 e. The maximum Gasteiger partial charge on any atom is 0.332 e. The quantitative estimate of drug-likeness (QED) is 0.637. The van der Waals surface area contributed by atoms with E-state index in [2.05, 4.69) is 16.8 Å². The van der Waals surface area contributed by atoms with Crippen molar-refractivity contribution in [3.05, 3.63) is 71.1 Å². The van der Waals surface area contributed by atoms with Crippen LogP contribution >= 0.6 is 0 Å². The molecule has 3 rings (SSSR count). The van der Waals surface area contributed by atoms with Gasteiger partial charge in [-0.3, -0.25) is 0 Å². The normalized spacial score (nSPS) is 16.5. The summed E-state index contributed by atoms with van der Waals surface area (Å²) in [5.41, 5.74) is 2.00. The van der Waals surface area contributed by atoms with Crippen LogP contribution in [0.25, 0.3) is 6.08 Å². The fraction of sp³-hybridized carbons (Fsp3) is 0.364. The molecule has 2 aromatic rings. The van der Waals surface area contributed by atoms with Crippen molar-refractivity contribution < 1.29 is 12.6 Å². The number of nitrogens with zero attached hydrogens (tertiary/aromatic N) is 2. The van der Waals surface area contributed by atoms with Crippen LogP contribution in [0.5, 0.6) is 5.75 Å². The summed E-state index contributed by atoms with van der Waals surface area (Å²) < 4.78 is 29.4. The van der Waals surface area contributed by atoms with Crippen molar-refractivity contribution in [2.75, 3.05) is 39.8 Å². The predicted molar refractivity (Wildman–Crippen MR) is 114 cm³/mol. The van der Waals surface area contributed by atoms with Crippen molar-refractivity contribution in [3.63, 3.8) is 0 Å². The van der Waals surface area contributed by atoms with Crippen LogP contribution in [0.15, 0.2) is 60.0 Å². The van der Waals surface area contributed by atoms with Gasteiger partial charge in [0.05, 0.1) is 5.41 Å². The van der Waals surface area contributed by atoms with Crippen molar-refractivity contribution in [1.82, 2.24) is 9.80 Å². The molecule has 1 saturated heterocycles. The van der Waals surface area contributed by atoms with Gasteiger partial charge in [-0.25, -0.2) is 0 Å². The molecule has 1 aliphatic heterocycles. The van der Waals surface area contributed by atoms with Crippen LogP contribution in [0.1, 0.15) is 17.5 Å². The molecule has 1 aliphatic rings. The van der Waals surface area contributed by atoms with Gasteiger partial charge in [-0.1, -0.05) is 42.5 Å². The summed E-state index contributed by atoms with van der Waals surface area (Å²) in [7, 11) is -1.61. The Morgan fingerprint density at radius 3 is 2.32 bits per heavy atom. The van der Waals surface area contributed by atoms with E-state index in [1.165, 1.54) is 11.6 Å². The van der Waals surface area contributed by atoms with Crippen LogP contribution in [0.4, 0.5) is 0 Å². The maximum absolute atomic E-state index is 12.1. The highest BCUT2D eigenvalue weighted by Crippen LogP contribution is 2.17. The summed E-state index contributed by atoms with van der Waals surface area (Å²) in [4.78, 5) is 4.86. The average Bonchev–Trinajstić information content (AvgIpc) is 2.70. The first-order valence-corrected chi connectivity index (χ1v) is 11.1. The molecule has 1 heterocycles. The Bertz CT molecular complexity index is 856. The molecule has 0 spiro atoms. The zero-order chi connectivity index (χ0) is 19.8. The van der Waals surface area contributed by atoms with E-state index in [9.17, 15) is 8.42 Å². The highest BCUT2D eigenvalue weighted by atomic mass is 32.2. The summed E-state index contributed by atoms with van der Waals surface area (Å²) >= 11 is 0. The van der Waals surface area contributed by atoms with Gasteiger partial charge in [0, 0.05) is 26.2 Å². The molecule has 0 N–H and O–H groups in total. The van der Waals surface area contributed by atoms with E-state index in [0.29, 0.717) is 5.75 Å². The Morgan fingerprint density at radius 2 is 1.64 bits per heavy atom. The highest BCUT2D eigenvalue weighted by molar-refractivity contribution is 7.90. The zero-order valence-electron chi connectivity index (χ0n) is 16.3. The van der Waals surface area contributed by atoms with Crippen molar-refractivity contribution in [2.45, 2.75) is 12.8 Å². The molecule has 0 saturated carbocycles. The van der Waals surface area contributed by atoms with Gasteiger partial charge >= 0.3 is 10.1 Å². The number of piperazine rings is 1. The topological polar surface area (TPSA) is 49.9 Å². The number of aryl methyl sites for hydroxylation is 1. The van der Waals surface area contributed by atoms with Crippen LogP contribution in [0, 0.1) is 0 Å². The minimum absolute atomic E-state index is 0.334. The lowest BCUT2D eigenvalue weighted by atomic mass is 10.1. The summed E-state index contributed by atoms with van der Waals surface area (Å²) in [6.45, 7) is 5.65. The van der Waals surface area contributed by atoms with E-state index in [0.717, 1.165) is 56.5 Å². The summed E-state index contributed by atoms with van der Waals surface area (Å²) in [5.74, 6) is 0.334. The second kappa shape index (κ2) is 9.87. The van der Waals surface area contributed by atoms with Crippen LogP contribution in [-0.4, -0.2) is 58.0 Å². The smallest absolute Gasteiger partial charge is 0.332 e. The van der Waals surface area contributed by atoms with E-state index < -0.39 is 10.1 Å². The third kappa shape index (κ3) is 6.78. The molecule has 0 aromatic heterocycles. The molecule has 0 unspecified atom stereocenters. The Hall–Kier alpha value is -2.15. The van der Waals surface area contributed by atoms with E-state index >= 15 is 0 Å². The lowest BCUT2D eigenvalue weighted by molar-refractivity contribution is 0.153. The van der Waals surface area contributed by atoms with Crippen LogP contribution in [0.2, 0.25) is 0 Å². The molecule has 5 nitrogen and oxygen atoms in total. The number of hydrogen-bond acceptors (Lipinski definition) is 5. The van der Waals surface area contributed by atoms with E-state index in [1.54, 1.807) is 12.1 Å². The van der Waals surface area contributed by atoms with Gasteiger partial charge in [0.25, 0.3) is 0 Å². The SMILES string of the molecule is CN1CCN(CCCc2ccc(OS(=O)(=O)/C=C/c3ccccc3)cc2)CC1. The molecule has 0 amide bonds. The van der Waals surface area contributed by atoms with Gasteiger partial charge in [0.2, 0.25) is 0 Å². The minimum Gasteiger partial charge on any atom is -0.379 e. The fourth-order valence-corrected chi connectivity index (χ4v) is 3.94. The summed E-state index contributed by atoms with van der Waals surface area (Å²) in [6.07, 6.45) is 3.61. The van der Waals surface area contributed by atoms with Gasteiger partial charge in [0.15, 0.2) is 0 Å². The first kappa shape index (κ1) is 20.6. The van der Waals surface area contributed by atoms with Gasteiger partial charge < -0.3 is 14.0 Å². The van der Waals surface area contributed by atoms with Crippen LogP contribution in [-0.2, 0) is 16.5 Å². The highest BCUT2D eigenvalue weighted by Gasteiger charge is 2.13. The van der Waals surface area contributed by atoms with E-state index in [4.69, 9.17) is 4.18 Å². The van der Waals surface area contributed by atoms with Gasteiger partial charge in [-0.2, -0.15) is 8.42 Å². The molecule has 0 atom stereocenters. The third-order valence-corrected chi connectivity index (χ3v) is 5.79.